The average Bonchev–Trinajstić information content (AvgIpc) is 3.00. The highest BCUT2D eigenvalue weighted by atomic mass is 16.5. The Hall–Kier alpha value is -3.08. The number of ether oxygens (including phenoxy) is 1. The van der Waals surface area contributed by atoms with Gasteiger partial charge in [-0.2, -0.15) is 0 Å². The van der Waals surface area contributed by atoms with Crippen LogP contribution in [0.1, 0.15) is 35.9 Å². The molecule has 1 amide bonds. The van der Waals surface area contributed by atoms with E-state index in [0.717, 1.165) is 6.42 Å². The summed E-state index contributed by atoms with van der Waals surface area (Å²) in [7, 11) is 1.57. The zero-order chi connectivity index (χ0) is 17.8. The summed E-state index contributed by atoms with van der Waals surface area (Å²) in [5.74, 6) is 0.372. The number of anilines is 1. The Morgan fingerprint density at radius 2 is 1.80 bits per heavy atom. The molecule has 0 saturated heterocycles. The summed E-state index contributed by atoms with van der Waals surface area (Å²) < 4.78 is 10.9. The van der Waals surface area contributed by atoms with Crippen molar-refractivity contribution in [2.75, 3.05) is 12.4 Å². The van der Waals surface area contributed by atoms with Gasteiger partial charge in [0.2, 0.25) is 11.7 Å². The van der Waals surface area contributed by atoms with E-state index >= 15 is 0 Å². The van der Waals surface area contributed by atoms with Gasteiger partial charge >= 0.3 is 0 Å². The molecule has 0 saturated carbocycles. The third-order valence-electron chi connectivity index (χ3n) is 3.90. The highest BCUT2D eigenvalue weighted by Gasteiger charge is 2.23. The van der Waals surface area contributed by atoms with E-state index in [1.165, 1.54) is 0 Å². The number of rotatable bonds is 6. The Morgan fingerprint density at radius 1 is 1.08 bits per heavy atom. The van der Waals surface area contributed by atoms with Gasteiger partial charge in [0, 0.05) is 17.4 Å². The van der Waals surface area contributed by atoms with Crippen molar-refractivity contribution < 1.29 is 18.7 Å². The summed E-state index contributed by atoms with van der Waals surface area (Å²) in [4.78, 5) is 25.0. The highest BCUT2D eigenvalue weighted by molar-refractivity contribution is 6.17. The lowest BCUT2D eigenvalue weighted by molar-refractivity contribution is -0.116. The van der Waals surface area contributed by atoms with Crippen molar-refractivity contribution in [3.8, 4) is 5.75 Å². The average molecular weight is 337 g/mol. The zero-order valence-corrected chi connectivity index (χ0v) is 14.2. The molecule has 3 rings (SSSR count). The van der Waals surface area contributed by atoms with Crippen molar-refractivity contribution in [3.63, 3.8) is 0 Å². The summed E-state index contributed by atoms with van der Waals surface area (Å²) >= 11 is 0. The lowest BCUT2D eigenvalue weighted by Crippen LogP contribution is -2.13. The lowest BCUT2D eigenvalue weighted by atomic mass is 10.1. The molecule has 0 bridgehead atoms. The maximum atomic E-state index is 12.9. The van der Waals surface area contributed by atoms with Crippen LogP contribution in [0.15, 0.2) is 52.9 Å². The topological polar surface area (TPSA) is 68.5 Å². The second-order valence-corrected chi connectivity index (χ2v) is 5.66. The van der Waals surface area contributed by atoms with Crippen LogP contribution in [0.3, 0.4) is 0 Å². The molecule has 5 heteroatoms. The van der Waals surface area contributed by atoms with Crippen molar-refractivity contribution in [3.05, 3.63) is 59.9 Å². The Kier molecular flexibility index (Phi) is 4.84. The van der Waals surface area contributed by atoms with Crippen LogP contribution in [-0.2, 0) is 4.79 Å². The van der Waals surface area contributed by atoms with E-state index in [1.807, 2.05) is 25.1 Å². The molecule has 0 radical (unpaired) electrons. The molecule has 0 aliphatic carbocycles. The predicted octanol–water partition coefficient (Wildman–Crippen LogP) is 4.41. The van der Waals surface area contributed by atoms with Gasteiger partial charge in [-0.05, 0) is 42.8 Å². The zero-order valence-electron chi connectivity index (χ0n) is 14.2. The van der Waals surface area contributed by atoms with E-state index in [4.69, 9.17) is 9.15 Å². The Balaban J connectivity index is 2.04. The second-order valence-electron chi connectivity index (χ2n) is 5.66. The Labute approximate surface area is 145 Å². The van der Waals surface area contributed by atoms with Gasteiger partial charge in [0.1, 0.15) is 11.3 Å². The van der Waals surface area contributed by atoms with Gasteiger partial charge in [0.15, 0.2) is 5.76 Å². The largest absolute Gasteiger partial charge is 0.497 e. The van der Waals surface area contributed by atoms with E-state index < -0.39 is 0 Å². The summed E-state index contributed by atoms with van der Waals surface area (Å²) in [5.41, 5.74) is 1.45. The smallest absolute Gasteiger partial charge is 0.230 e. The number of carbonyl (C=O) groups excluding carboxylic acids is 2. The van der Waals surface area contributed by atoms with Crippen molar-refractivity contribution in [1.29, 1.82) is 0 Å². The molecule has 0 atom stereocenters. The normalized spacial score (nSPS) is 10.6. The third-order valence-corrected chi connectivity index (χ3v) is 3.90. The van der Waals surface area contributed by atoms with Gasteiger partial charge < -0.3 is 14.5 Å². The number of nitrogens with one attached hydrogen (secondary N) is 1. The number of fused-ring (bicyclic) bond motifs is 1. The summed E-state index contributed by atoms with van der Waals surface area (Å²) in [6.07, 6.45) is 1.11. The molecular formula is C20H19NO4. The fourth-order valence-corrected chi connectivity index (χ4v) is 2.63. The summed E-state index contributed by atoms with van der Waals surface area (Å²) in [5, 5.41) is 3.54. The minimum Gasteiger partial charge on any atom is -0.497 e. The Bertz CT molecular complexity index is 909. The van der Waals surface area contributed by atoms with E-state index in [1.54, 1.807) is 37.4 Å². The molecule has 1 heterocycles. The number of amides is 1. The molecule has 2 aromatic carbocycles. The first-order valence-corrected chi connectivity index (χ1v) is 8.14. The quantitative estimate of drug-likeness (QED) is 0.676. The number of hydrogen-bond acceptors (Lipinski definition) is 4. The molecule has 25 heavy (non-hydrogen) atoms. The Morgan fingerprint density at radius 3 is 2.48 bits per heavy atom. The van der Waals surface area contributed by atoms with Crippen LogP contribution in [0, 0.1) is 0 Å². The standard InChI is InChI=1S/C20H19NO4/c1-3-6-17(22)21-18-15-7-4-5-8-16(15)25-20(18)19(23)13-9-11-14(24-2)12-10-13/h4-5,7-12H,3,6H2,1-2H3,(H,21,22). The first kappa shape index (κ1) is 16.8. The van der Waals surface area contributed by atoms with Crippen LogP contribution in [0.25, 0.3) is 11.0 Å². The van der Waals surface area contributed by atoms with Crippen LogP contribution < -0.4 is 10.1 Å². The summed E-state index contributed by atoms with van der Waals surface area (Å²) in [6, 6.07) is 14.0. The molecule has 0 aliphatic heterocycles. The molecule has 1 aromatic heterocycles. The first-order chi connectivity index (χ1) is 12.1. The number of methoxy groups -OCH3 is 1. The van der Waals surface area contributed by atoms with Crippen LogP contribution in [0.4, 0.5) is 5.69 Å². The minimum atomic E-state index is -0.286. The molecule has 0 fully saturated rings. The van der Waals surface area contributed by atoms with Gasteiger partial charge in [0.05, 0.1) is 12.8 Å². The van der Waals surface area contributed by atoms with Crippen LogP contribution >= 0.6 is 0 Å². The van der Waals surface area contributed by atoms with Crippen LogP contribution in [-0.4, -0.2) is 18.8 Å². The van der Waals surface area contributed by atoms with Gasteiger partial charge in [0.25, 0.3) is 0 Å². The predicted molar refractivity (Wildman–Crippen MR) is 96.2 cm³/mol. The van der Waals surface area contributed by atoms with E-state index in [9.17, 15) is 9.59 Å². The van der Waals surface area contributed by atoms with E-state index in [0.29, 0.717) is 34.4 Å². The fraction of sp³-hybridized carbons (Fsp3) is 0.200. The summed E-state index contributed by atoms with van der Waals surface area (Å²) in [6.45, 7) is 1.93. The van der Waals surface area contributed by atoms with Gasteiger partial charge in [-0.3, -0.25) is 9.59 Å². The molecule has 1 N–H and O–H groups in total. The molecule has 3 aromatic rings. The van der Waals surface area contributed by atoms with Crippen LogP contribution in [0.2, 0.25) is 0 Å². The SMILES string of the molecule is CCCC(=O)Nc1c(C(=O)c2ccc(OC)cc2)oc2ccccc12. The van der Waals surface area contributed by atoms with Crippen molar-refractivity contribution >= 4 is 28.3 Å². The molecule has 5 nitrogen and oxygen atoms in total. The third kappa shape index (κ3) is 3.40. The maximum absolute atomic E-state index is 12.9. The number of furan rings is 1. The fourth-order valence-electron chi connectivity index (χ4n) is 2.63. The highest BCUT2D eigenvalue weighted by Crippen LogP contribution is 2.32. The van der Waals surface area contributed by atoms with Crippen molar-refractivity contribution in [1.82, 2.24) is 0 Å². The number of benzene rings is 2. The van der Waals surface area contributed by atoms with E-state index in [2.05, 4.69) is 5.32 Å². The monoisotopic (exact) mass is 337 g/mol. The lowest BCUT2D eigenvalue weighted by Gasteiger charge is -2.06. The molecular weight excluding hydrogens is 318 g/mol. The van der Waals surface area contributed by atoms with Crippen LogP contribution in [0.5, 0.6) is 5.75 Å². The van der Waals surface area contributed by atoms with Gasteiger partial charge in [-0.1, -0.05) is 19.1 Å². The second kappa shape index (κ2) is 7.21. The molecule has 0 spiro atoms. The number of carbonyl (C=O) groups is 2. The van der Waals surface area contributed by atoms with Crippen molar-refractivity contribution in [2.45, 2.75) is 19.8 Å². The number of ketones is 1. The number of hydrogen-bond donors (Lipinski definition) is 1. The molecule has 0 aliphatic rings. The minimum absolute atomic E-state index is 0.135. The molecule has 128 valence electrons. The molecule has 0 unspecified atom stereocenters. The maximum Gasteiger partial charge on any atom is 0.230 e. The number of para-hydroxylation sites is 1. The first-order valence-electron chi connectivity index (χ1n) is 8.14. The van der Waals surface area contributed by atoms with Gasteiger partial charge in [-0.15, -0.1) is 0 Å². The van der Waals surface area contributed by atoms with Gasteiger partial charge in [-0.25, -0.2) is 0 Å². The van der Waals surface area contributed by atoms with Crippen molar-refractivity contribution in [2.24, 2.45) is 0 Å². The van der Waals surface area contributed by atoms with E-state index in [-0.39, 0.29) is 17.5 Å².